The minimum absolute atomic E-state index is 0.0333. The summed E-state index contributed by atoms with van der Waals surface area (Å²) in [6.07, 6.45) is 1.02. The van der Waals surface area contributed by atoms with E-state index in [2.05, 4.69) is 5.32 Å². The van der Waals surface area contributed by atoms with Crippen molar-refractivity contribution in [2.75, 3.05) is 26.2 Å². The summed E-state index contributed by atoms with van der Waals surface area (Å²) in [5.74, 6) is -1.48. The Balaban J connectivity index is 4.39. The van der Waals surface area contributed by atoms with E-state index in [1.807, 2.05) is 27.7 Å². The lowest BCUT2D eigenvalue weighted by atomic mass is 9.84. The minimum Gasteiger partial charge on any atom is -0.481 e. The quantitative estimate of drug-likeness (QED) is 0.632. The number of aliphatic hydroxyl groups excluding tert-OH is 1. The van der Waals surface area contributed by atoms with Crippen LogP contribution in [0.5, 0.6) is 0 Å². The second-order valence-electron chi connectivity index (χ2n) is 6.14. The van der Waals surface area contributed by atoms with Gasteiger partial charge in [-0.1, -0.05) is 20.8 Å². The van der Waals surface area contributed by atoms with E-state index < -0.39 is 11.9 Å². The van der Waals surface area contributed by atoms with Crippen LogP contribution in [0.1, 0.15) is 40.5 Å². The second kappa shape index (κ2) is 8.79. The van der Waals surface area contributed by atoms with Crippen LogP contribution in [-0.4, -0.2) is 53.4 Å². The second-order valence-corrected chi connectivity index (χ2v) is 6.14. The first-order valence-corrected chi connectivity index (χ1v) is 7.07. The smallest absolute Gasteiger partial charge is 0.317 e. The molecule has 118 valence electrons. The lowest BCUT2D eigenvalue weighted by Crippen LogP contribution is -2.44. The van der Waals surface area contributed by atoms with Crippen LogP contribution in [0.25, 0.3) is 0 Å². The summed E-state index contributed by atoms with van der Waals surface area (Å²) in [6, 6.07) is -0.277. The number of rotatable bonds is 8. The Morgan fingerprint density at radius 2 is 1.90 bits per heavy atom. The first-order valence-electron chi connectivity index (χ1n) is 7.07. The van der Waals surface area contributed by atoms with E-state index in [1.165, 1.54) is 0 Å². The molecule has 0 aliphatic carbocycles. The van der Waals surface area contributed by atoms with Crippen molar-refractivity contribution in [2.24, 2.45) is 11.3 Å². The molecule has 3 N–H and O–H groups in total. The van der Waals surface area contributed by atoms with Crippen LogP contribution in [-0.2, 0) is 4.79 Å². The summed E-state index contributed by atoms with van der Waals surface area (Å²) in [6.45, 7) is 8.94. The number of nitrogens with zero attached hydrogens (tertiary/aromatic N) is 1. The van der Waals surface area contributed by atoms with Crippen LogP contribution in [0.3, 0.4) is 0 Å². The van der Waals surface area contributed by atoms with Crippen molar-refractivity contribution in [3.8, 4) is 0 Å². The van der Waals surface area contributed by atoms with E-state index in [1.54, 1.807) is 4.90 Å². The molecule has 0 aromatic heterocycles. The summed E-state index contributed by atoms with van der Waals surface area (Å²) < 4.78 is 0. The maximum Gasteiger partial charge on any atom is 0.317 e. The maximum atomic E-state index is 11.9. The molecule has 0 saturated carbocycles. The molecular formula is C14H28N2O4. The largest absolute Gasteiger partial charge is 0.481 e. The first kappa shape index (κ1) is 18.7. The summed E-state index contributed by atoms with van der Waals surface area (Å²) >= 11 is 0. The molecule has 0 rings (SSSR count). The van der Waals surface area contributed by atoms with E-state index in [0.717, 1.165) is 0 Å². The molecule has 2 amide bonds. The van der Waals surface area contributed by atoms with Gasteiger partial charge in [0.1, 0.15) is 0 Å². The molecule has 0 aliphatic heterocycles. The van der Waals surface area contributed by atoms with Crippen LogP contribution in [0.15, 0.2) is 0 Å². The summed E-state index contributed by atoms with van der Waals surface area (Å²) in [4.78, 5) is 24.7. The molecule has 0 heterocycles. The van der Waals surface area contributed by atoms with Crippen LogP contribution in [0, 0.1) is 11.3 Å². The summed E-state index contributed by atoms with van der Waals surface area (Å²) in [7, 11) is 0. The average molecular weight is 288 g/mol. The van der Waals surface area contributed by atoms with E-state index >= 15 is 0 Å². The van der Waals surface area contributed by atoms with Crippen molar-refractivity contribution < 1.29 is 19.8 Å². The molecule has 0 fully saturated rings. The van der Waals surface area contributed by atoms with Gasteiger partial charge in [0.25, 0.3) is 0 Å². The van der Waals surface area contributed by atoms with Crippen molar-refractivity contribution in [3.63, 3.8) is 0 Å². The van der Waals surface area contributed by atoms with Gasteiger partial charge in [-0.05, 0) is 25.2 Å². The molecule has 1 unspecified atom stereocenters. The monoisotopic (exact) mass is 288 g/mol. The highest BCUT2D eigenvalue weighted by atomic mass is 16.4. The topological polar surface area (TPSA) is 89.9 Å². The molecule has 0 aromatic rings. The molecule has 6 heteroatoms. The van der Waals surface area contributed by atoms with Gasteiger partial charge in [0, 0.05) is 26.2 Å². The number of carboxylic acids is 1. The molecular weight excluding hydrogens is 260 g/mol. The molecule has 20 heavy (non-hydrogen) atoms. The van der Waals surface area contributed by atoms with Gasteiger partial charge in [-0.15, -0.1) is 0 Å². The van der Waals surface area contributed by atoms with Gasteiger partial charge in [0.05, 0.1) is 5.92 Å². The van der Waals surface area contributed by atoms with Gasteiger partial charge in [-0.25, -0.2) is 4.79 Å². The van der Waals surface area contributed by atoms with E-state index in [9.17, 15) is 14.7 Å². The van der Waals surface area contributed by atoms with Gasteiger partial charge in [0.2, 0.25) is 0 Å². The molecule has 0 bridgehead atoms. The number of aliphatic carboxylic acids is 1. The Morgan fingerprint density at radius 3 is 2.30 bits per heavy atom. The third-order valence-corrected chi connectivity index (χ3v) is 2.96. The first-order chi connectivity index (χ1) is 9.21. The van der Waals surface area contributed by atoms with Crippen LogP contribution in [0.2, 0.25) is 0 Å². The molecule has 1 atom stereocenters. The lowest BCUT2D eigenvalue weighted by molar-refractivity contribution is -0.142. The fraction of sp³-hybridized carbons (Fsp3) is 0.857. The number of carbonyl (C=O) groups is 2. The fourth-order valence-electron chi connectivity index (χ4n) is 1.97. The zero-order valence-electron chi connectivity index (χ0n) is 13.0. The predicted octanol–water partition coefficient (Wildman–Crippen LogP) is 1.54. The number of hydrogen-bond acceptors (Lipinski definition) is 3. The van der Waals surface area contributed by atoms with Gasteiger partial charge < -0.3 is 20.4 Å². The Morgan fingerprint density at radius 1 is 1.30 bits per heavy atom. The van der Waals surface area contributed by atoms with Crippen LogP contribution >= 0.6 is 0 Å². The molecule has 0 radical (unpaired) electrons. The number of amides is 2. The third kappa shape index (κ3) is 7.99. The van der Waals surface area contributed by atoms with Crippen molar-refractivity contribution in [2.45, 2.75) is 40.5 Å². The molecule has 6 nitrogen and oxygen atoms in total. The predicted molar refractivity (Wildman–Crippen MR) is 77.5 cm³/mol. The molecule has 0 aromatic carbocycles. The zero-order chi connectivity index (χ0) is 15.8. The van der Waals surface area contributed by atoms with E-state index in [0.29, 0.717) is 25.9 Å². The zero-order valence-corrected chi connectivity index (χ0v) is 13.0. The van der Waals surface area contributed by atoms with E-state index in [-0.39, 0.29) is 24.6 Å². The van der Waals surface area contributed by atoms with E-state index in [4.69, 9.17) is 5.11 Å². The maximum absolute atomic E-state index is 11.9. The Hall–Kier alpha value is -1.30. The standard InChI is InChI=1S/C14H28N2O4/c1-5-16(7-6-8-17)13(20)15-10-11(12(18)19)9-14(2,3)4/h11,17H,5-10H2,1-4H3,(H,15,20)(H,18,19). The number of carboxylic acid groups (broad SMARTS) is 1. The van der Waals surface area contributed by atoms with Gasteiger partial charge in [-0.2, -0.15) is 0 Å². The SMILES string of the molecule is CCN(CCCO)C(=O)NCC(CC(C)(C)C)C(=O)O. The molecule has 0 saturated heterocycles. The highest BCUT2D eigenvalue weighted by Crippen LogP contribution is 2.24. The Bertz CT molecular complexity index is 313. The Kier molecular flexibility index (Phi) is 8.22. The van der Waals surface area contributed by atoms with Gasteiger partial charge in [0.15, 0.2) is 0 Å². The number of nitrogens with one attached hydrogen (secondary N) is 1. The summed E-state index contributed by atoms with van der Waals surface area (Å²) in [5, 5.41) is 20.6. The highest BCUT2D eigenvalue weighted by molar-refractivity contribution is 5.76. The third-order valence-electron chi connectivity index (χ3n) is 2.96. The van der Waals surface area contributed by atoms with Crippen molar-refractivity contribution in [1.82, 2.24) is 10.2 Å². The van der Waals surface area contributed by atoms with Crippen LogP contribution in [0.4, 0.5) is 4.79 Å². The average Bonchev–Trinajstić information content (AvgIpc) is 2.33. The van der Waals surface area contributed by atoms with Crippen molar-refractivity contribution >= 4 is 12.0 Å². The van der Waals surface area contributed by atoms with Gasteiger partial charge in [-0.3, -0.25) is 4.79 Å². The van der Waals surface area contributed by atoms with Gasteiger partial charge >= 0.3 is 12.0 Å². The van der Waals surface area contributed by atoms with Crippen molar-refractivity contribution in [3.05, 3.63) is 0 Å². The van der Waals surface area contributed by atoms with Crippen LogP contribution < -0.4 is 5.32 Å². The minimum atomic E-state index is -0.890. The summed E-state index contributed by atoms with van der Waals surface area (Å²) in [5.41, 5.74) is -0.102. The number of aliphatic hydroxyl groups is 1. The number of urea groups is 1. The lowest BCUT2D eigenvalue weighted by Gasteiger charge is -2.25. The molecule has 0 spiro atoms. The van der Waals surface area contributed by atoms with Crippen molar-refractivity contribution in [1.29, 1.82) is 0 Å². The molecule has 0 aliphatic rings. The fourth-order valence-corrected chi connectivity index (χ4v) is 1.97. The Labute approximate surface area is 121 Å². The highest BCUT2D eigenvalue weighted by Gasteiger charge is 2.25. The number of carbonyl (C=O) groups excluding carboxylic acids is 1. The normalized spacial score (nSPS) is 12.8. The number of hydrogen-bond donors (Lipinski definition) is 3.